The summed E-state index contributed by atoms with van der Waals surface area (Å²) < 4.78 is 21.4. The highest BCUT2D eigenvalue weighted by molar-refractivity contribution is 6.39. The van der Waals surface area contributed by atoms with E-state index in [1.165, 1.54) is 46.6 Å². The second kappa shape index (κ2) is 11.1. The Morgan fingerprint density at radius 3 is 1.86 bits per heavy atom. The Kier molecular flexibility index (Phi) is 7.36. The molecule has 0 spiro atoms. The van der Waals surface area contributed by atoms with Crippen molar-refractivity contribution in [1.29, 1.82) is 0 Å². The fourth-order valence-electron chi connectivity index (χ4n) is 4.82. The molecule has 2 aliphatic rings. The summed E-state index contributed by atoms with van der Waals surface area (Å²) in [4.78, 5) is 66.9. The number of hydrogen-bond donors (Lipinski definition) is 1. The highest BCUT2D eigenvalue weighted by Crippen LogP contribution is 2.41. The van der Waals surface area contributed by atoms with E-state index in [1.54, 1.807) is 42.5 Å². The number of rotatable bonds is 8. The first kappa shape index (κ1) is 27.9. The van der Waals surface area contributed by atoms with Crippen LogP contribution in [0.3, 0.4) is 0 Å². The molecule has 2 aliphatic heterocycles. The molecule has 0 unspecified atom stereocenters. The smallest absolute Gasteiger partial charge is 0.335 e. The number of fused-ring (bicyclic) bond motifs is 1. The van der Waals surface area contributed by atoms with Crippen molar-refractivity contribution in [2.75, 3.05) is 33.3 Å². The SMILES string of the molecule is COc1ccc(/C=C2\C(=O)NC(=O)N(c3cc(OC)c(OC)c(OC)c3)C2=O)cc1CN1C(=O)c2ccccc2C1=O. The molecule has 1 saturated heterocycles. The molecule has 214 valence electrons. The number of hydrogen-bond acceptors (Lipinski definition) is 9. The molecule has 42 heavy (non-hydrogen) atoms. The average Bonchev–Trinajstić information content (AvgIpc) is 3.23. The number of amides is 6. The maximum absolute atomic E-state index is 13.5. The van der Waals surface area contributed by atoms with Gasteiger partial charge in [-0.25, -0.2) is 9.69 Å². The minimum absolute atomic E-state index is 0.0754. The number of anilines is 1. The summed E-state index contributed by atoms with van der Waals surface area (Å²) in [7, 11) is 5.63. The van der Waals surface area contributed by atoms with Crippen LogP contribution in [0.25, 0.3) is 6.08 Å². The van der Waals surface area contributed by atoms with Crippen LogP contribution in [0.1, 0.15) is 31.8 Å². The van der Waals surface area contributed by atoms with Crippen LogP contribution in [0.4, 0.5) is 10.5 Å². The molecular weight excluding hydrogens is 546 g/mol. The van der Waals surface area contributed by atoms with Gasteiger partial charge in [0.05, 0.1) is 51.8 Å². The number of ether oxygens (including phenoxy) is 4. The van der Waals surface area contributed by atoms with Gasteiger partial charge in [-0.05, 0) is 35.9 Å². The third-order valence-corrected chi connectivity index (χ3v) is 6.83. The van der Waals surface area contributed by atoms with Crippen LogP contribution < -0.4 is 29.2 Å². The number of nitrogens with zero attached hydrogens (tertiary/aromatic N) is 2. The summed E-state index contributed by atoms with van der Waals surface area (Å²) in [5.41, 5.74) is 1.20. The van der Waals surface area contributed by atoms with Gasteiger partial charge in [0.25, 0.3) is 23.6 Å². The van der Waals surface area contributed by atoms with Gasteiger partial charge >= 0.3 is 6.03 Å². The summed E-state index contributed by atoms with van der Waals surface area (Å²) >= 11 is 0. The van der Waals surface area contributed by atoms with Crippen LogP contribution >= 0.6 is 0 Å². The molecule has 0 aliphatic carbocycles. The summed E-state index contributed by atoms with van der Waals surface area (Å²) in [5.74, 6) is -1.63. The highest BCUT2D eigenvalue weighted by atomic mass is 16.5. The van der Waals surface area contributed by atoms with Gasteiger partial charge < -0.3 is 18.9 Å². The van der Waals surface area contributed by atoms with Gasteiger partial charge in [-0.1, -0.05) is 18.2 Å². The molecule has 12 heteroatoms. The van der Waals surface area contributed by atoms with Crippen molar-refractivity contribution >= 4 is 41.4 Å². The van der Waals surface area contributed by atoms with E-state index in [9.17, 15) is 24.0 Å². The van der Waals surface area contributed by atoms with Crippen LogP contribution in [0.2, 0.25) is 0 Å². The molecule has 1 fully saturated rings. The Morgan fingerprint density at radius 2 is 1.31 bits per heavy atom. The van der Waals surface area contributed by atoms with E-state index in [0.29, 0.717) is 28.0 Å². The molecular formula is C30H25N3O9. The zero-order valence-electron chi connectivity index (χ0n) is 23.0. The Hall–Kier alpha value is -5.65. The number of imide groups is 3. The van der Waals surface area contributed by atoms with Gasteiger partial charge in [-0.2, -0.15) is 0 Å². The van der Waals surface area contributed by atoms with Crippen LogP contribution in [-0.2, 0) is 16.1 Å². The van der Waals surface area contributed by atoms with Crippen LogP contribution in [0.15, 0.2) is 60.2 Å². The fraction of sp³-hybridized carbons (Fsp3) is 0.167. The van der Waals surface area contributed by atoms with Crippen LogP contribution in [-0.4, -0.2) is 63.0 Å². The maximum atomic E-state index is 13.5. The van der Waals surface area contributed by atoms with Crippen molar-refractivity contribution in [1.82, 2.24) is 10.2 Å². The van der Waals surface area contributed by atoms with E-state index in [0.717, 1.165) is 9.80 Å². The Bertz CT molecular complexity index is 1630. The second-order valence-corrected chi connectivity index (χ2v) is 9.15. The standard InChI is InChI=1S/C30H25N3O9/c1-39-22-10-9-16(11-17(22)15-32-27(35)19-7-5-6-8-20(19)28(32)36)12-21-26(34)31-30(38)33(29(21)37)18-13-23(40-2)25(42-4)24(14-18)41-3/h5-14H,15H2,1-4H3,(H,31,34,38)/b21-12+. The molecule has 12 nitrogen and oxygen atoms in total. The van der Waals surface area contributed by atoms with Gasteiger partial charge in [0.2, 0.25) is 5.75 Å². The van der Waals surface area contributed by atoms with Crippen LogP contribution in [0, 0.1) is 0 Å². The predicted octanol–water partition coefficient (Wildman–Crippen LogP) is 3.18. The summed E-state index contributed by atoms with van der Waals surface area (Å²) in [6.45, 7) is -0.108. The van der Waals surface area contributed by atoms with E-state index < -0.39 is 29.7 Å². The van der Waals surface area contributed by atoms with Crippen LogP contribution in [0.5, 0.6) is 23.0 Å². The molecule has 3 aromatic rings. The molecule has 5 rings (SSSR count). The first-order chi connectivity index (χ1) is 20.2. The lowest BCUT2D eigenvalue weighted by atomic mass is 10.0. The molecule has 0 bridgehead atoms. The molecule has 0 aromatic heterocycles. The third kappa shape index (κ3) is 4.68. The first-order valence-corrected chi connectivity index (χ1v) is 12.6. The molecule has 0 radical (unpaired) electrons. The van der Waals surface area contributed by atoms with E-state index in [4.69, 9.17) is 18.9 Å². The number of carbonyl (C=O) groups excluding carboxylic acids is 5. The lowest BCUT2D eigenvalue weighted by Gasteiger charge is -2.27. The Balaban J connectivity index is 1.50. The minimum atomic E-state index is -0.961. The number of urea groups is 1. The van der Waals surface area contributed by atoms with Crippen molar-refractivity contribution in [3.63, 3.8) is 0 Å². The van der Waals surface area contributed by atoms with Crippen molar-refractivity contribution < 1.29 is 42.9 Å². The number of methoxy groups -OCH3 is 4. The highest BCUT2D eigenvalue weighted by Gasteiger charge is 2.38. The maximum Gasteiger partial charge on any atom is 0.335 e. The largest absolute Gasteiger partial charge is 0.496 e. The van der Waals surface area contributed by atoms with Gasteiger partial charge in [-0.15, -0.1) is 0 Å². The number of benzene rings is 3. The zero-order valence-corrected chi connectivity index (χ0v) is 23.0. The lowest BCUT2D eigenvalue weighted by molar-refractivity contribution is -0.122. The summed E-state index contributed by atoms with van der Waals surface area (Å²) in [5, 5.41) is 2.17. The molecule has 2 heterocycles. The fourth-order valence-corrected chi connectivity index (χ4v) is 4.82. The average molecular weight is 572 g/mol. The van der Waals surface area contributed by atoms with Crippen molar-refractivity contribution in [2.24, 2.45) is 0 Å². The summed E-state index contributed by atoms with van der Waals surface area (Å²) in [6.07, 6.45) is 1.31. The van der Waals surface area contributed by atoms with E-state index in [1.807, 2.05) is 0 Å². The normalized spacial score (nSPS) is 15.6. The molecule has 6 amide bonds. The molecule has 1 N–H and O–H groups in total. The number of barbiturate groups is 1. The van der Waals surface area contributed by atoms with Gasteiger partial charge in [0.1, 0.15) is 11.3 Å². The Labute approximate surface area is 240 Å². The third-order valence-electron chi connectivity index (χ3n) is 6.83. The Morgan fingerprint density at radius 1 is 0.714 bits per heavy atom. The van der Waals surface area contributed by atoms with Gasteiger partial charge in [-0.3, -0.25) is 29.4 Å². The van der Waals surface area contributed by atoms with Gasteiger partial charge in [0, 0.05) is 17.7 Å². The van der Waals surface area contributed by atoms with Gasteiger partial charge in [0.15, 0.2) is 11.5 Å². The molecule has 3 aromatic carbocycles. The predicted molar refractivity (Wildman–Crippen MR) is 149 cm³/mol. The van der Waals surface area contributed by atoms with Crippen molar-refractivity contribution in [3.05, 3.63) is 82.4 Å². The first-order valence-electron chi connectivity index (χ1n) is 12.6. The minimum Gasteiger partial charge on any atom is -0.496 e. The van der Waals surface area contributed by atoms with Crippen molar-refractivity contribution in [3.8, 4) is 23.0 Å². The second-order valence-electron chi connectivity index (χ2n) is 9.15. The molecule has 0 saturated carbocycles. The quantitative estimate of drug-likeness (QED) is 0.245. The summed E-state index contributed by atoms with van der Waals surface area (Å²) in [6, 6.07) is 13.2. The number of carbonyl (C=O) groups is 5. The number of nitrogens with one attached hydrogen (secondary N) is 1. The zero-order chi connectivity index (χ0) is 30.1. The van der Waals surface area contributed by atoms with E-state index >= 15 is 0 Å². The molecule has 0 atom stereocenters. The monoisotopic (exact) mass is 571 g/mol. The topological polar surface area (TPSA) is 141 Å². The van der Waals surface area contributed by atoms with E-state index in [2.05, 4.69) is 5.32 Å². The van der Waals surface area contributed by atoms with E-state index in [-0.39, 0.29) is 35.1 Å². The van der Waals surface area contributed by atoms with Crippen molar-refractivity contribution in [2.45, 2.75) is 6.54 Å². The lowest BCUT2D eigenvalue weighted by Crippen LogP contribution is -2.54.